The van der Waals surface area contributed by atoms with Crippen LogP contribution in [0.4, 0.5) is 0 Å². The molecule has 18 heavy (non-hydrogen) atoms. The Morgan fingerprint density at radius 1 is 1.22 bits per heavy atom. The smallest absolute Gasteiger partial charge is 0.303 e. The fourth-order valence-electron chi connectivity index (χ4n) is 1.51. The van der Waals surface area contributed by atoms with E-state index in [1.165, 1.54) is 12.5 Å². The van der Waals surface area contributed by atoms with Crippen molar-refractivity contribution in [3.05, 3.63) is 35.4 Å². The van der Waals surface area contributed by atoms with Gasteiger partial charge in [0.25, 0.3) is 5.91 Å². The van der Waals surface area contributed by atoms with Crippen LogP contribution in [-0.4, -0.2) is 17.5 Å². The van der Waals surface area contributed by atoms with Crippen molar-refractivity contribution in [1.82, 2.24) is 5.32 Å². The molecule has 0 aliphatic heterocycles. The van der Waals surface area contributed by atoms with Crippen LogP contribution in [0.25, 0.3) is 0 Å². The van der Waals surface area contributed by atoms with E-state index >= 15 is 0 Å². The van der Waals surface area contributed by atoms with Gasteiger partial charge in [0, 0.05) is 13.5 Å². The highest BCUT2D eigenvalue weighted by molar-refractivity contribution is 5.86. The van der Waals surface area contributed by atoms with Crippen molar-refractivity contribution in [3.8, 4) is 0 Å². The zero-order valence-electron chi connectivity index (χ0n) is 11.2. The van der Waals surface area contributed by atoms with E-state index in [1.54, 1.807) is 13.8 Å². The van der Waals surface area contributed by atoms with Gasteiger partial charge in [-0.3, -0.25) is 9.59 Å². The van der Waals surface area contributed by atoms with E-state index < -0.39 is 11.6 Å². The molecule has 0 aliphatic carbocycles. The molecular formula is C14H19NO3. The molecule has 1 amide bonds. The van der Waals surface area contributed by atoms with Crippen LogP contribution in [-0.2, 0) is 20.9 Å². The topological polar surface area (TPSA) is 55.4 Å². The number of amides is 1. The minimum atomic E-state index is -1.14. The number of benzene rings is 1. The molecule has 0 heterocycles. The molecule has 0 fully saturated rings. The summed E-state index contributed by atoms with van der Waals surface area (Å²) in [5.74, 6) is -0.774. The van der Waals surface area contributed by atoms with E-state index in [0.29, 0.717) is 6.54 Å². The van der Waals surface area contributed by atoms with Gasteiger partial charge in [0.2, 0.25) is 0 Å². The van der Waals surface area contributed by atoms with Gasteiger partial charge in [-0.1, -0.05) is 29.8 Å². The molecule has 0 saturated carbocycles. The van der Waals surface area contributed by atoms with Crippen molar-refractivity contribution in [1.29, 1.82) is 0 Å². The van der Waals surface area contributed by atoms with Crippen LogP contribution in [0.15, 0.2) is 24.3 Å². The number of rotatable bonds is 4. The largest absolute Gasteiger partial charge is 0.450 e. The van der Waals surface area contributed by atoms with Crippen molar-refractivity contribution in [3.63, 3.8) is 0 Å². The second kappa shape index (κ2) is 5.67. The number of carbonyl (C=O) groups is 2. The molecule has 0 radical (unpaired) electrons. The molecule has 1 N–H and O–H groups in total. The highest BCUT2D eigenvalue weighted by Gasteiger charge is 2.30. The molecule has 4 heteroatoms. The third-order valence-corrected chi connectivity index (χ3v) is 2.52. The molecule has 0 aromatic heterocycles. The Bertz CT molecular complexity index is 435. The maximum atomic E-state index is 11.9. The molecule has 0 unspecified atom stereocenters. The van der Waals surface area contributed by atoms with Gasteiger partial charge < -0.3 is 10.1 Å². The molecule has 1 rings (SSSR count). The summed E-state index contributed by atoms with van der Waals surface area (Å²) in [6.07, 6.45) is 0. The molecule has 0 aliphatic rings. The maximum Gasteiger partial charge on any atom is 0.303 e. The van der Waals surface area contributed by atoms with Crippen LogP contribution in [0.5, 0.6) is 0 Å². The minimum Gasteiger partial charge on any atom is -0.450 e. The van der Waals surface area contributed by atoms with Crippen molar-refractivity contribution in [2.75, 3.05) is 0 Å². The quantitative estimate of drug-likeness (QED) is 0.830. The number of hydrogen-bond acceptors (Lipinski definition) is 3. The standard InChI is InChI=1S/C14H19NO3/c1-10-5-7-12(8-6-10)9-15-13(17)14(3,4)18-11(2)16/h5-8H,9H2,1-4H3,(H,15,17). The van der Waals surface area contributed by atoms with Gasteiger partial charge >= 0.3 is 5.97 Å². The lowest BCUT2D eigenvalue weighted by atomic mass is 10.1. The van der Waals surface area contributed by atoms with Crippen LogP contribution in [0.1, 0.15) is 31.9 Å². The Morgan fingerprint density at radius 3 is 2.28 bits per heavy atom. The molecule has 98 valence electrons. The first-order valence-electron chi connectivity index (χ1n) is 5.84. The van der Waals surface area contributed by atoms with Crippen molar-refractivity contribution >= 4 is 11.9 Å². The van der Waals surface area contributed by atoms with Crippen molar-refractivity contribution < 1.29 is 14.3 Å². The lowest BCUT2D eigenvalue weighted by Crippen LogP contribution is -2.44. The summed E-state index contributed by atoms with van der Waals surface area (Å²) >= 11 is 0. The zero-order chi connectivity index (χ0) is 13.8. The summed E-state index contributed by atoms with van der Waals surface area (Å²) in [7, 11) is 0. The van der Waals surface area contributed by atoms with E-state index in [9.17, 15) is 9.59 Å². The number of nitrogens with one attached hydrogen (secondary N) is 1. The van der Waals surface area contributed by atoms with E-state index in [-0.39, 0.29) is 5.91 Å². The number of carbonyl (C=O) groups excluding carboxylic acids is 2. The van der Waals surface area contributed by atoms with Crippen LogP contribution in [0.3, 0.4) is 0 Å². The molecule has 4 nitrogen and oxygen atoms in total. The molecule has 0 atom stereocenters. The van der Waals surface area contributed by atoms with Gasteiger partial charge in [0.15, 0.2) is 5.60 Å². The van der Waals surface area contributed by atoms with E-state index in [1.807, 2.05) is 31.2 Å². The van der Waals surface area contributed by atoms with Crippen molar-refractivity contribution in [2.24, 2.45) is 0 Å². The SMILES string of the molecule is CC(=O)OC(C)(C)C(=O)NCc1ccc(C)cc1. The Hall–Kier alpha value is -1.84. The second-order valence-corrected chi connectivity index (χ2v) is 4.77. The highest BCUT2D eigenvalue weighted by Crippen LogP contribution is 2.10. The Labute approximate surface area is 107 Å². The van der Waals surface area contributed by atoms with Gasteiger partial charge in [0.1, 0.15) is 0 Å². The second-order valence-electron chi connectivity index (χ2n) is 4.77. The number of aryl methyl sites for hydroxylation is 1. The fraction of sp³-hybridized carbons (Fsp3) is 0.429. The number of hydrogen-bond donors (Lipinski definition) is 1. The summed E-state index contributed by atoms with van der Waals surface area (Å²) in [4.78, 5) is 22.7. The molecule has 0 bridgehead atoms. The van der Waals surface area contributed by atoms with Crippen molar-refractivity contribution in [2.45, 2.75) is 39.8 Å². The Morgan fingerprint density at radius 2 is 1.78 bits per heavy atom. The average Bonchev–Trinajstić information content (AvgIpc) is 2.26. The first-order valence-corrected chi connectivity index (χ1v) is 5.84. The molecular weight excluding hydrogens is 230 g/mol. The number of esters is 1. The van der Waals surface area contributed by atoms with E-state index in [0.717, 1.165) is 5.56 Å². The predicted molar refractivity (Wildman–Crippen MR) is 68.9 cm³/mol. The summed E-state index contributed by atoms with van der Waals surface area (Å²) < 4.78 is 4.96. The Balaban J connectivity index is 2.55. The van der Waals surface area contributed by atoms with Gasteiger partial charge in [-0.25, -0.2) is 0 Å². The highest BCUT2D eigenvalue weighted by atomic mass is 16.6. The third kappa shape index (κ3) is 4.20. The fourth-order valence-corrected chi connectivity index (χ4v) is 1.51. The summed E-state index contributed by atoms with van der Waals surface area (Å²) in [5.41, 5.74) is 1.04. The number of ether oxygens (including phenoxy) is 1. The zero-order valence-corrected chi connectivity index (χ0v) is 11.2. The Kier molecular flexibility index (Phi) is 4.48. The van der Waals surface area contributed by atoms with Crippen LogP contribution < -0.4 is 5.32 Å². The summed E-state index contributed by atoms with van der Waals surface area (Å²) in [6, 6.07) is 7.88. The monoisotopic (exact) mass is 249 g/mol. The van der Waals surface area contributed by atoms with Gasteiger partial charge in [0.05, 0.1) is 0 Å². The molecule has 1 aromatic rings. The lowest BCUT2D eigenvalue weighted by molar-refractivity contribution is -0.163. The van der Waals surface area contributed by atoms with Crippen LogP contribution >= 0.6 is 0 Å². The minimum absolute atomic E-state index is 0.307. The van der Waals surface area contributed by atoms with Crippen LogP contribution in [0.2, 0.25) is 0 Å². The summed E-state index contributed by atoms with van der Waals surface area (Å²) in [5, 5.41) is 2.75. The van der Waals surface area contributed by atoms with Gasteiger partial charge in [-0.05, 0) is 26.3 Å². The normalized spacial score (nSPS) is 10.9. The maximum absolute atomic E-state index is 11.9. The first kappa shape index (κ1) is 14.2. The lowest BCUT2D eigenvalue weighted by Gasteiger charge is -2.23. The van der Waals surface area contributed by atoms with E-state index in [4.69, 9.17) is 4.74 Å². The average molecular weight is 249 g/mol. The van der Waals surface area contributed by atoms with Gasteiger partial charge in [-0.15, -0.1) is 0 Å². The predicted octanol–water partition coefficient (Wildman–Crippen LogP) is 1.95. The summed E-state index contributed by atoms with van der Waals surface area (Å²) in [6.45, 7) is 6.85. The molecule has 1 aromatic carbocycles. The molecule has 0 saturated heterocycles. The van der Waals surface area contributed by atoms with Crippen LogP contribution in [0, 0.1) is 6.92 Å². The van der Waals surface area contributed by atoms with Gasteiger partial charge in [-0.2, -0.15) is 0 Å². The molecule has 0 spiro atoms. The third-order valence-electron chi connectivity index (χ3n) is 2.52. The van der Waals surface area contributed by atoms with E-state index in [2.05, 4.69) is 5.32 Å². The first-order chi connectivity index (χ1) is 8.31.